The zero-order valence-corrected chi connectivity index (χ0v) is 13.4. The zero-order valence-electron chi connectivity index (χ0n) is 11.8. The summed E-state index contributed by atoms with van der Waals surface area (Å²) in [4.78, 5) is 20.0. The molecule has 0 fully saturated rings. The van der Waals surface area contributed by atoms with Gasteiger partial charge in [0.05, 0.1) is 17.9 Å². The smallest absolute Gasteiger partial charge is 0.241 e. The second kappa shape index (κ2) is 8.61. The Morgan fingerprint density at radius 2 is 2.05 bits per heavy atom. The number of nitrogens with zero attached hydrogens (tertiary/aromatic N) is 3. The number of amides is 1. The van der Waals surface area contributed by atoms with E-state index in [9.17, 15) is 4.79 Å². The Labute approximate surface area is 136 Å². The number of nitrogens with one attached hydrogen (secondary N) is 1. The number of anilines is 1. The van der Waals surface area contributed by atoms with E-state index in [2.05, 4.69) is 15.3 Å². The normalized spacial score (nSPS) is 11.2. The molecule has 2 aromatic rings. The molecule has 0 radical (unpaired) electrons. The fourth-order valence-corrected chi connectivity index (χ4v) is 1.54. The van der Waals surface area contributed by atoms with Crippen molar-refractivity contribution in [3.05, 3.63) is 37.1 Å². The summed E-state index contributed by atoms with van der Waals surface area (Å²) in [5, 5.41) is 2.74. The third-order valence-electron chi connectivity index (χ3n) is 2.81. The van der Waals surface area contributed by atoms with Crippen LogP contribution in [-0.4, -0.2) is 26.5 Å². The van der Waals surface area contributed by atoms with Gasteiger partial charge < -0.3 is 11.1 Å². The SMILES string of the molecule is CC(C)C(N)C(=O)Nc1ccc(-n2ccnc2)nc1.Cl.Cl. The predicted octanol–water partition coefficient (Wildman–Crippen LogP) is 2.03. The lowest BCUT2D eigenvalue weighted by atomic mass is 10.1. The number of rotatable bonds is 4. The standard InChI is InChI=1S/C13H17N5O.2ClH/c1-9(2)12(14)13(19)17-10-3-4-11(16-7-10)18-6-5-15-8-18;;/h3-9,12H,14H2,1-2H3,(H,17,19);2*1H. The highest BCUT2D eigenvalue weighted by Gasteiger charge is 2.17. The first-order chi connectivity index (χ1) is 9.08. The van der Waals surface area contributed by atoms with Gasteiger partial charge >= 0.3 is 0 Å². The Morgan fingerprint density at radius 3 is 2.52 bits per heavy atom. The second-order valence-corrected chi connectivity index (χ2v) is 4.63. The predicted molar refractivity (Wildman–Crippen MR) is 87.3 cm³/mol. The highest BCUT2D eigenvalue weighted by atomic mass is 35.5. The Hall–Kier alpha value is -1.63. The van der Waals surface area contributed by atoms with Crippen LogP contribution in [0.3, 0.4) is 0 Å². The third-order valence-corrected chi connectivity index (χ3v) is 2.81. The molecule has 2 rings (SSSR count). The van der Waals surface area contributed by atoms with Crippen molar-refractivity contribution < 1.29 is 4.79 Å². The van der Waals surface area contributed by atoms with Crippen LogP contribution >= 0.6 is 24.8 Å². The molecule has 0 aliphatic heterocycles. The first-order valence-corrected chi connectivity index (χ1v) is 6.09. The van der Waals surface area contributed by atoms with Gasteiger partial charge in [-0.3, -0.25) is 9.36 Å². The molecular formula is C13H19Cl2N5O. The van der Waals surface area contributed by atoms with Gasteiger partial charge in [-0.2, -0.15) is 0 Å². The van der Waals surface area contributed by atoms with Crippen LogP contribution in [0.4, 0.5) is 5.69 Å². The number of aromatic nitrogens is 3. The number of nitrogens with two attached hydrogens (primary N) is 1. The van der Waals surface area contributed by atoms with E-state index in [1.54, 1.807) is 41.6 Å². The number of hydrogen-bond acceptors (Lipinski definition) is 4. The molecule has 0 saturated carbocycles. The van der Waals surface area contributed by atoms with Gasteiger partial charge in [-0.15, -0.1) is 24.8 Å². The molecule has 0 aromatic carbocycles. The van der Waals surface area contributed by atoms with Crippen LogP contribution in [0.5, 0.6) is 0 Å². The molecule has 0 saturated heterocycles. The van der Waals surface area contributed by atoms with Gasteiger partial charge in [0, 0.05) is 12.4 Å². The second-order valence-electron chi connectivity index (χ2n) is 4.63. The van der Waals surface area contributed by atoms with Crippen molar-refractivity contribution in [2.75, 3.05) is 5.32 Å². The number of pyridine rings is 1. The lowest BCUT2D eigenvalue weighted by Gasteiger charge is -2.15. The highest BCUT2D eigenvalue weighted by molar-refractivity contribution is 5.94. The molecule has 1 amide bonds. The van der Waals surface area contributed by atoms with E-state index in [-0.39, 0.29) is 36.6 Å². The topological polar surface area (TPSA) is 85.8 Å². The van der Waals surface area contributed by atoms with Gasteiger partial charge in [0.1, 0.15) is 12.1 Å². The van der Waals surface area contributed by atoms with Crippen LogP contribution in [-0.2, 0) is 4.79 Å². The molecule has 21 heavy (non-hydrogen) atoms. The van der Waals surface area contributed by atoms with Crippen LogP contribution < -0.4 is 11.1 Å². The van der Waals surface area contributed by atoms with E-state index in [0.29, 0.717) is 5.69 Å². The first kappa shape index (κ1) is 19.4. The number of carbonyl (C=O) groups excluding carboxylic acids is 1. The molecule has 2 aromatic heterocycles. The summed E-state index contributed by atoms with van der Waals surface area (Å²) in [6.45, 7) is 3.81. The number of imidazole rings is 1. The highest BCUT2D eigenvalue weighted by Crippen LogP contribution is 2.10. The lowest BCUT2D eigenvalue weighted by Crippen LogP contribution is -2.39. The summed E-state index contributed by atoms with van der Waals surface area (Å²) in [6.07, 6.45) is 6.74. The van der Waals surface area contributed by atoms with Crippen molar-refractivity contribution in [3.8, 4) is 5.82 Å². The maximum atomic E-state index is 11.8. The Bertz CT molecular complexity index is 542. The minimum Gasteiger partial charge on any atom is -0.323 e. The fourth-order valence-electron chi connectivity index (χ4n) is 1.54. The number of halogens is 2. The summed E-state index contributed by atoms with van der Waals surface area (Å²) in [5.41, 5.74) is 6.40. The average molecular weight is 332 g/mol. The van der Waals surface area contributed by atoms with Crippen molar-refractivity contribution >= 4 is 36.4 Å². The monoisotopic (exact) mass is 331 g/mol. The van der Waals surface area contributed by atoms with Gasteiger partial charge in [0.15, 0.2) is 0 Å². The Kier molecular flexibility index (Phi) is 7.94. The lowest BCUT2D eigenvalue weighted by molar-refractivity contribution is -0.118. The van der Waals surface area contributed by atoms with Crippen molar-refractivity contribution in [2.45, 2.75) is 19.9 Å². The van der Waals surface area contributed by atoms with E-state index < -0.39 is 6.04 Å². The van der Waals surface area contributed by atoms with Crippen molar-refractivity contribution in [3.63, 3.8) is 0 Å². The van der Waals surface area contributed by atoms with E-state index >= 15 is 0 Å². The average Bonchev–Trinajstić information content (AvgIpc) is 2.92. The molecule has 1 atom stereocenters. The van der Waals surface area contributed by atoms with Gasteiger partial charge in [-0.25, -0.2) is 9.97 Å². The maximum absolute atomic E-state index is 11.8. The molecule has 3 N–H and O–H groups in total. The van der Waals surface area contributed by atoms with Gasteiger partial charge in [0.25, 0.3) is 0 Å². The largest absolute Gasteiger partial charge is 0.323 e. The maximum Gasteiger partial charge on any atom is 0.241 e. The molecule has 0 bridgehead atoms. The van der Waals surface area contributed by atoms with E-state index in [4.69, 9.17) is 5.73 Å². The van der Waals surface area contributed by atoms with Crippen LogP contribution in [0.1, 0.15) is 13.8 Å². The van der Waals surface area contributed by atoms with E-state index in [0.717, 1.165) is 5.82 Å². The molecule has 116 valence electrons. The molecule has 2 heterocycles. The van der Waals surface area contributed by atoms with Gasteiger partial charge in [-0.05, 0) is 18.1 Å². The molecular weight excluding hydrogens is 313 g/mol. The number of hydrogen-bond donors (Lipinski definition) is 2. The molecule has 0 aliphatic rings. The summed E-state index contributed by atoms with van der Waals surface area (Å²) < 4.78 is 1.78. The molecule has 8 heteroatoms. The quantitative estimate of drug-likeness (QED) is 0.897. The van der Waals surface area contributed by atoms with Crippen LogP contribution in [0, 0.1) is 5.92 Å². The molecule has 6 nitrogen and oxygen atoms in total. The van der Waals surface area contributed by atoms with Crippen molar-refractivity contribution in [1.82, 2.24) is 14.5 Å². The third kappa shape index (κ3) is 5.00. The van der Waals surface area contributed by atoms with Gasteiger partial charge in [0.2, 0.25) is 5.91 Å². The first-order valence-electron chi connectivity index (χ1n) is 6.09. The molecule has 1 unspecified atom stereocenters. The van der Waals surface area contributed by atoms with Crippen LogP contribution in [0.2, 0.25) is 0 Å². The molecule has 0 aliphatic carbocycles. The van der Waals surface area contributed by atoms with Crippen molar-refractivity contribution in [2.24, 2.45) is 11.7 Å². The van der Waals surface area contributed by atoms with Gasteiger partial charge in [-0.1, -0.05) is 13.8 Å². The Morgan fingerprint density at radius 1 is 1.33 bits per heavy atom. The minimum absolute atomic E-state index is 0. The summed E-state index contributed by atoms with van der Waals surface area (Å²) in [5.74, 6) is 0.633. The summed E-state index contributed by atoms with van der Waals surface area (Å²) >= 11 is 0. The van der Waals surface area contributed by atoms with E-state index in [1.807, 2.05) is 13.8 Å². The minimum atomic E-state index is -0.520. The summed E-state index contributed by atoms with van der Waals surface area (Å²) in [6, 6.07) is 3.07. The van der Waals surface area contributed by atoms with Crippen LogP contribution in [0.25, 0.3) is 5.82 Å². The van der Waals surface area contributed by atoms with E-state index in [1.165, 1.54) is 0 Å². The van der Waals surface area contributed by atoms with Crippen LogP contribution in [0.15, 0.2) is 37.1 Å². The Balaban J connectivity index is 0.00000200. The number of carbonyl (C=O) groups is 1. The summed E-state index contributed by atoms with van der Waals surface area (Å²) in [7, 11) is 0. The molecule has 0 spiro atoms. The fraction of sp³-hybridized carbons (Fsp3) is 0.308. The zero-order chi connectivity index (χ0) is 13.8. The van der Waals surface area contributed by atoms with Crippen molar-refractivity contribution in [1.29, 1.82) is 0 Å².